The van der Waals surface area contributed by atoms with Crippen molar-refractivity contribution >= 4 is 5.82 Å². The predicted octanol–water partition coefficient (Wildman–Crippen LogP) is 1.54. The normalized spacial score (nSPS) is 22.9. The molecule has 1 atom stereocenters. The summed E-state index contributed by atoms with van der Waals surface area (Å²) in [5.41, 5.74) is 1.08. The summed E-state index contributed by atoms with van der Waals surface area (Å²) < 4.78 is 10.7. The molecule has 0 saturated carbocycles. The van der Waals surface area contributed by atoms with E-state index >= 15 is 0 Å². The lowest BCUT2D eigenvalue weighted by Gasteiger charge is -2.23. The van der Waals surface area contributed by atoms with Crippen LogP contribution in [0.15, 0.2) is 6.07 Å². The standard InChI is InChI=1S/C16H26N4O2/c1-21-11-16-19-14(13-4-7-22-10-13)8-15(20-16)18-9-12-2-5-17-6-3-12/h8,12-13,17H,2-7,9-11H2,1H3,(H,18,19,20). The minimum Gasteiger partial charge on any atom is -0.381 e. The monoisotopic (exact) mass is 306 g/mol. The molecule has 6 heteroatoms. The van der Waals surface area contributed by atoms with E-state index in [0.717, 1.165) is 62.5 Å². The largest absolute Gasteiger partial charge is 0.381 e. The van der Waals surface area contributed by atoms with Gasteiger partial charge in [-0.05, 0) is 38.3 Å². The van der Waals surface area contributed by atoms with Gasteiger partial charge in [-0.25, -0.2) is 9.97 Å². The first-order valence-electron chi connectivity index (χ1n) is 8.24. The molecule has 22 heavy (non-hydrogen) atoms. The molecule has 0 aromatic carbocycles. The first kappa shape index (κ1) is 15.6. The third-order valence-corrected chi connectivity index (χ3v) is 4.44. The van der Waals surface area contributed by atoms with Crippen LogP contribution in [-0.2, 0) is 16.1 Å². The van der Waals surface area contributed by atoms with Crippen LogP contribution in [-0.4, -0.2) is 49.9 Å². The van der Waals surface area contributed by atoms with Crippen LogP contribution in [0.3, 0.4) is 0 Å². The maximum absolute atomic E-state index is 5.49. The van der Waals surface area contributed by atoms with Crippen molar-refractivity contribution in [3.8, 4) is 0 Å². The summed E-state index contributed by atoms with van der Waals surface area (Å²) >= 11 is 0. The van der Waals surface area contributed by atoms with Crippen LogP contribution in [0, 0.1) is 5.92 Å². The minimum atomic E-state index is 0.387. The number of aromatic nitrogens is 2. The van der Waals surface area contributed by atoms with Crippen molar-refractivity contribution in [3.05, 3.63) is 17.6 Å². The molecule has 0 radical (unpaired) electrons. The van der Waals surface area contributed by atoms with E-state index in [1.165, 1.54) is 12.8 Å². The highest BCUT2D eigenvalue weighted by Gasteiger charge is 2.21. The topological polar surface area (TPSA) is 68.3 Å². The molecule has 2 aliphatic rings. The van der Waals surface area contributed by atoms with Crippen LogP contribution in [0.5, 0.6) is 0 Å². The van der Waals surface area contributed by atoms with Gasteiger partial charge in [-0.3, -0.25) is 0 Å². The summed E-state index contributed by atoms with van der Waals surface area (Å²) in [5, 5.41) is 6.90. The summed E-state index contributed by atoms with van der Waals surface area (Å²) in [4.78, 5) is 9.21. The first-order valence-corrected chi connectivity index (χ1v) is 8.24. The highest BCUT2D eigenvalue weighted by atomic mass is 16.5. The van der Waals surface area contributed by atoms with Crippen molar-refractivity contribution < 1.29 is 9.47 Å². The number of hydrogen-bond acceptors (Lipinski definition) is 6. The average Bonchev–Trinajstić information content (AvgIpc) is 3.09. The van der Waals surface area contributed by atoms with Crippen LogP contribution in [0.4, 0.5) is 5.82 Å². The molecule has 3 heterocycles. The lowest BCUT2D eigenvalue weighted by Crippen LogP contribution is -2.31. The zero-order valence-electron chi connectivity index (χ0n) is 13.3. The van der Waals surface area contributed by atoms with E-state index in [4.69, 9.17) is 9.47 Å². The van der Waals surface area contributed by atoms with Gasteiger partial charge in [0, 0.05) is 32.2 Å². The Balaban J connectivity index is 1.67. The molecule has 3 rings (SSSR count). The summed E-state index contributed by atoms with van der Waals surface area (Å²) in [5.74, 6) is 2.78. The molecule has 1 unspecified atom stereocenters. The Morgan fingerprint density at radius 3 is 2.91 bits per heavy atom. The van der Waals surface area contributed by atoms with Gasteiger partial charge in [0.25, 0.3) is 0 Å². The summed E-state index contributed by atoms with van der Waals surface area (Å²) in [6.07, 6.45) is 3.50. The Morgan fingerprint density at radius 2 is 2.18 bits per heavy atom. The Bertz CT molecular complexity index is 471. The smallest absolute Gasteiger partial charge is 0.156 e. The van der Waals surface area contributed by atoms with Gasteiger partial charge in [-0.15, -0.1) is 0 Å². The molecule has 1 aromatic heterocycles. The van der Waals surface area contributed by atoms with E-state index in [1.807, 2.05) is 0 Å². The second kappa shape index (κ2) is 7.85. The molecule has 122 valence electrons. The summed E-state index contributed by atoms with van der Waals surface area (Å²) in [7, 11) is 1.68. The highest BCUT2D eigenvalue weighted by molar-refractivity contribution is 5.37. The summed E-state index contributed by atoms with van der Waals surface area (Å²) in [6, 6.07) is 2.08. The molecule has 2 saturated heterocycles. The maximum atomic E-state index is 5.49. The third-order valence-electron chi connectivity index (χ3n) is 4.44. The second-order valence-corrected chi connectivity index (χ2v) is 6.16. The molecule has 0 spiro atoms. The number of piperidine rings is 1. The number of methoxy groups -OCH3 is 1. The minimum absolute atomic E-state index is 0.387. The molecular formula is C16H26N4O2. The van der Waals surface area contributed by atoms with Crippen LogP contribution in [0.2, 0.25) is 0 Å². The average molecular weight is 306 g/mol. The zero-order chi connectivity index (χ0) is 15.2. The highest BCUT2D eigenvalue weighted by Crippen LogP contribution is 2.25. The van der Waals surface area contributed by atoms with E-state index in [0.29, 0.717) is 12.5 Å². The van der Waals surface area contributed by atoms with Gasteiger partial charge in [-0.1, -0.05) is 0 Å². The molecule has 2 N–H and O–H groups in total. The Labute approximate surface area is 132 Å². The lowest BCUT2D eigenvalue weighted by atomic mass is 9.98. The van der Waals surface area contributed by atoms with Gasteiger partial charge in [-0.2, -0.15) is 0 Å². The van der Waals surface area contributed by atoms with Crippen molar-refractivity contribution in [2.24, 2.45) is 5.92 Å². The van der Waals surface area contributed by atoms with Gasteiger partial charge in [0.15, 0.2) is 5.82 Å². The number of nitrogens with one attached hydrogen (secondary N) is 2. The van der Waals surface area contributed by atoms with Gasteiger partial charge in [0.05, 0.1) is 12.3 Å². The van der Waals surface area contributed by atoms with E-state index in [2.05, 4.69) is 26.7 Å². The molecular weight excluding hydrogens is 280 g/mol. The molecule has 2 fully saturated rings. The van der Waals surface area contributed by atoms with E-state index in [-0.39, 0.29) is 0 Å². The maximum Gasteiger partial charge on any atom is 0.156 e. The number of anilines is 1. The Morgan fingerprint density at radius 1 is 1.32 bits per heavy atom. The van der Waals surface area contributed by atoms with E-state index in [9.17, 15) is 0 Å². The van der Waals surface area contributed by atoms with Crippen LogP contribution >= 0.6 is 0 Å². The van der Waals surface area contributed by atoms with Crippen molar-refractivity contribution in [2.45, 2.75) is 31.8 Å². The fourth-order valence-electron chi connectivity index (χ4n) is 3.11. The Kier molecular flexibility index (Phi) is 5.58. The second-order valence-electron chi connectivity index (χ2n) is 6.16. The zero-order valence-corrected chi connectivity index (χ0v) is 13.3. The molecule has 1 aromatic rings. The van der Waals surface area contributed by atoms with Crippen molar-refractivity contribution in [2.75, 3.05) is 45.3 Å². The fourth-order valence-corrected chi connectivity index (χ4v) is 3.11. The van der Waals surface area contributed by atoms with Crippen molar-refractivity contribution in [3.63, 3.8) is 0 Å². The Hall–Kier alpha value is -1.24. The van der Waals surface area contributed by atoms with Gasteiger partial charge >= 0.3 is 0 Å². The van der Waals surface area contributed by atoms with Gasteiger partial charge in [0.1, 0.15) is 12.4 Å². The number of nitrogens with zero attached hydrogens (tertiary/aromatic N) is 2. The van der Waals surface area contributed by atoms with E-state index in [1.54, 1.807) is 7.11 Å². The van der Waals surface area contributed by atoms with Crippen molar-refractivity contribution in [1.29, 1.82) is 0 Å². The molecule has 0 aliphatic carbocycles. The quantitative estimate of drug-likeness (QED) is 0.831. The van der Waals surface area contributed by atoms with Gasteiger partial charge < -0.3 is 20.1 Å². The predicted molar refractivity (Wildman–Crippen MR) is 85.0 cm³/mol. The third kappa shape index (κ3) is 4.15. The molecule has 6 nitrogen and oxygen atoms in total. The van der Waals surface area contributed by atoms with Crippen molar-refractivity contribution in [1.82, 2.24) is 15.3 Å². The number of ether oxygens (including phenoxy) is 2. The fraction of sp³-hybridized carbons (Fsp3) is 0.750. The van der Waals surface area contributed by atoms with E-state index < -0.39 is 0 Å². The number of rotatable bonds is 6. The van der Waals surface area contributed by atoms with Crippen LogP contribution in [0.25, 0.3) is 0 Å². The van der Waals surface area contributed by atoms with Crippen LogP contribution in [0.1, 0.15) is 36.7 Å². The first-order chi connectivity index (χ1) is 10.8. The number of hydrogen-bond donors (Lipinski definition) is 2. The van der Waals surface area contributed by atoms with Gasteiger partial charge in [0.2, 0.25) is 0 Å². The van der Waals surface area contributed by atoms with Crippen LogP contribution < -0.4 is 10.6 Å². The SMILES string of the molecule is COCc1nc(NCC2CCNCC2)cc(C2CCOC2)n1. The molecule has 2 aliphatic heterocycles. The molecule has 0 bridgehead atoms. The summed E-state index contributed by atoms with van der Waals surface area (Å²) in [6.45, 7) is 5.25. The molecule has 0 amide bonds. The lowest BCUT2D eigenvalue weighted by molar-refractivity contribution is 0.177.